The van der Waals surface area contributed by atoms with E-state index >= 15 is 0 Å². The van der Waals surface area contributed by atoms with Gasteiger partial charge in [0.2, 0.25) is 11.8 Å². The van der Waals surface area contributed by atoms with Crippen molar-refractivity contribution in [1.82, 2.24) is 19.5 Å². The summed E-state index contributed by atoms with van der Waals surface area (Å²) in [7, 11) is 1.54. The highest BCUT2D eigenvalue weighted by Gasteiger charge is 2.21. The molecular weight excluding hydrogens is 359 g/mol. The largest absolute Gasteiger partial charge is 0.480 e. The number of imidazole rings is 1. The standard InChI is InChI=1S/C21H25FN4O2/c1-4-12-25(13-5-2)20(27)14-17-21(15-6-8-16(22)9-7-15)23-18-10-11-19(28-3)24-26(17)18/h6-11H,4-5,12-14H2,1-3H3. The maximum atomic E-state index is 13.4. The first-order valence-electron chi connectivity index (χ1n) is 9.53. The van der Waals surface area contributed by atoms with Gasteiger partial charge in [0.25, 0.3) is 0 Å². The monoisotopic (exact) mass is 384 g/mol. The van der Waals surface area contributed by atoms with Crippen LogP contribution in [0.15, 0.2) is 36.4 Å². The fourth-order valence-corrected chi connectivity index (χ4v) is 3.22. The van der Waals surface area contributed by atoms with Crippen molar-refractivity contribution in [3.8, 4) is 17.1 Å². The average Bonchev–Trinajstić information content (AvgIpc) is 3.05. The lowest BCUT2D eigenvalue weighted by atomic mass is 10.1. The molecule has 1 amide bonds. The first-order chi connectivity index (χ1) is 13.6. The number of amides is 1. The van der Waals surface area contributed by atoms with E-state index in [0.717, 1.165) is 18.4 Å². The van der Waals surface area contributed by atoms with Gasteiger partial charge in [-0.3, -0.25) is 4.79 Å². The van der Waals surface area contributed by atoms with Crippen LogP contribution in [0, 0.1) is 5.82 Å². The van der Waals surface area contributed by atoms with Crippen LogP contribution in [0.3, 0.4) is 0 Å². The Balaban J connectivity index is 2.07. The van der Waals surface area contributed by atoms with E-state index in [0.29, 0.717) is 36.0 Å². The summed E-state index contributed by atoms with van der Waals surface area (Å²) in [5.74, 6) is 0.142. The van der Waals surface area contributed by atoms with E-state index in [4.69, 9.17) is 4.74 Å². The van der Waals surface area contributed by atoms with Gasteiger partial charge in [0, 0.05) is 24.7 Å². The Morgan fingerprint density at radius 1 is 1.11 bits per heavy atom. The molecule has 0 saturated carbocycles. The number of halogens is 1. The summed E-state index contributed by atoms with van der Waals surface area (Å²) in [6, 6.07) is 9.63. The lowest BCUT2D eigenvalue weighted by Gasteiger charge is -2.21. The van der Waals surface area contributed by atoms with Gasteiger partial charge in [0.15, 0.2) is 5.65 Å². The quantitative estimate of drug-likeness (QED) is 0.594. The van der Waals surface area contributed by atoms with Crippen molar-refractivity contribution in [3.63, 3.8) is 0 Å². The van der Waals surface area contributed by atoms with E-state index in [1.54, 1.807) is 35.9 Å². The van der Waals surface area contributed by atoms with Gasteiger partial charge in [0.05, 0.1) is 24.9 Å². The second-order valence-electron chi connectivity index (χ2n) is 6.62. The summed E-state index contributed by atoms with van der Waals surface area (Å²) >= 11 is 0. The molecule has 0 saturated heterocycles. The van der Waals surface area contributed by atoms with Crippen LogP contribution in [-0.4, -0.2) is 45.6 Å². The zero-order chi connectivity index (χ0) is 20.1. The number of benzene rings is 1. The Hall–Kier alpha value is -2.96. The molecule has 0 aliphatic heterocycles. The number of carbonyl (C=O) groups is 1. The van der Waals surface area contributed by atoms with Gasteiger partial charge in [-0.05, 0) is 43.2 Å². The number of carbonyl (C=O) groups excluding carboxylic acids is 1. The second kappa shape index (κ2) is 8.82. The minimum absolute atomic E-state index is 0.0264. The smallest absolute Gasteiger partial charge is 0.231 e. The van der Waals surface area contributed by atoms with Crippen molar-refractivity contribution in [2.45, 2.75) is 33.1 Å². The van der Waals surface area contributed by atoms with Crippen LogP contribution in [0.4, 0.5) is 4.39 Å². The maximum absolute atomic E-state index is 13.4. The lowest BCUT2D eigenvalue weighted by Crippen LogP contribution is -2.34. The predicted molar refractivity (Wildman–Crippen MR) is 106 cm³/mol. The number of hydrogen-bond acceptors (Lipinski definition) is 4. The van der Waals surface area contributed by atoms with Crippen LogP contribution in [0.25, 0.3) is 16.9 Å². The second-order valence-corrected chi connectivity index (χ2v) is 6.62. The summed E-state index contributed by atoms with van der Waals surface area (Å²) < 4.78 is 20.3. The molecular formula is C21H25FN4O2. The molecule has 0 atom stereocenters. The molecule has 0 bridgehead atoms. The minimum Gasteiger partial charge on any atom is -0.480 e. The summed E-state index contributed by atoms with van der Waals surface area (Å²) in [6.45, 7) is 5.54. The zero-order valence-electron chi connectivity index (χ0n) is 16.5. The van der Waals surface area contributed by atoms with Gasteiger partial charge >= 0.3 is 0 Å². The molecule has 28 heavy (non-hydrogen) atoms. The van der Waals surface area contributed by atoms with E-state index in [1.165, 1.54) is 12.1 Å². The lowest BCUT2D eigenvalue weighted by molar-refractivity contribution is -0.130. The molecule has 6 nitrogen and oxygen atoms in total. The van der Waals surface area contributed by atoms with Gasteiger partial charge in [-0.15, -0.1) is 5.10 Å². The summed E-state index contributed by atoms with van der Waals surface area (Å²) in [4.78, 5) is 19.5. The third kappa shape index (κ3) is 4.13. The Labute approximate surface area is 163 Å². The molecule has 0 fully saturated rings. The van der Waals surface area contributed by atoms with Crippen LogP contribution in [0.5, 0.6) is 5.88 Å². The highest BCUT2D eigenvalue weighted by Crippen LogP contribution is 2.26. The molecule has 0 spiro atoms. The Morgan fingerprint density at radius 3 is 2.39 bits per heavy atom. The van der Waals surface area contributed by atoms with E-state index in [-0.39, 0.29) is 18.1 Å². The maximum Gasteiger partial charge on any atom is 0.231 e. The summed E-state index contributed by atoms with van der Waals surface area (Å²) in [5.41, 5.74) is 2.65. The van der Waals surface area contributed by atoms with Gasteiger partial charge in [-0.25, -0.2) is 13.9 Å². The molecule has 1 aromatic carbocycles. The number of aromatic nitrogens is 3. The van der Waals surface area contributed by atoms with Crippen LogP contribution in [0.1, 0.15) is 32.4 Å². The van der Waals surface area contributed by atoms with Gasteiger partial charge < -0.3 is 9.64 Å². The van der Waals surface area contributed by atoms with Crippen LogP contribution in [0.2, 0.25) is 0 Å². The average molecular weight is 384 g/mol. The Morgan fingerprint density at radius 2 is 1.79 bits per heavy atom. The summed E-state index contributed by atoms with van der Waals surface area (Å²) in [5, 5.41) is 4.45. The SMILES string of the molecule is CCCN(CCC)C(=O)Cc1c(-c2ccc(F)cc2)nc2ccc(OC)nn12. The fraction of sp³-hybridized carbons (Fsp3) is 0.381. The van der Waals surface area contributed by atoms with E-state index in [1.807, 2.05) is 4.90 Å². The fourth-order valence-electron chi connectivity index (χ4n) is 3.22. The van der Waals surface area contributed by atoms with Gasteiger partial charge in [0.1, 0.15) is 5.82 Å². The molecule has 148 valence electrons. The van der Waals surface area contributed by atoms with Gasteiger partial charge in [-0.2, -0.15) is 0 Å². The van der Waals surface area contributed by atoms with Crippen molar-refractivity contribution in [2.75, 3.05) is 20.2 Å². The van der Waals surface area contributed by atoms with E-state index in [9.17, 15) is 9.18 Å². The summed E-state index contributed by atoms with van der Waals surface area (Å²) in [6.07, 6.45) is 1.96. The molecule has 0 unspecified atom stereocenters. The predicted octanol–water partition coefficient (Wildman–Crippen LogP) is 3.74. The molecule has 0 aliphatic rings. The van der Waals surface area contributed by atoms with E-state index < -0.39 is 0 Å². The first-order valence-corrected chi connectivity index (χ1v) is 9.53. The Bertz CT molecular complexity index is 947. The third-order valence-corrected chi connectivity index (χ3v) is 4.53. The minimum atomic E-state index is -0.318. The topological polar surface area (TPSA) is 59.7 Å². The Kier molecular flexibility index (Phi) is 6.23. The number of ether oxygens (including phenoxy) is 1. The normalized spacial score (nSPS) is 11.0. The van der Waals surface area contributed by atoms with Crippen molar-refractivity contribution in [1.29, 1.82) is 0 Å². The van der Waals surface area contributed by atoms with Gasteiger partial charge in [-0.1, -0.05) is 13.8 Å². The molecule has 3 rings (SSSR count). The highest BCUT2D eigenvalue weighted by molar-refractivity contribution is 5.81. The molecule has 3 aromatic rings. The number of hydrogen-bond donors (Lipinski definition) is 0. The molecule has 0 radical (unpaired) electrons. The number of methoxy groups -OCH3 is 1. The highest BCUT2D eigenvalue weighted by atomic mass is 19.1. The van der Waals surface area contributed by atoms with Crippen molar-refractivity contribution in [2.24, 2.45) is 0 Å². The molecule has 2 aromatic heterocycles. The third-order valence-electron chi connectivity index (χ3n) is 4.53. The molecule has 7 heteroatoms. The number of nitrogens with zero attached hydrogens (tertiary/aromatic N) is 4. The molecule has 0 aliphatic carbocycles. The first kappa shape index (κ1) is 19.8. The van der Waals surface area contributed by atoms with Crippen molar-refractivity contribution in [3.05, 3.63) is 47.9 Å². The van der Waals surface area contributed by atoms with Crippen LogP contribution >= 0.6 is 0 Å². The van der Waals surface area contributed by atoms with Crippen LogP contribution < -0.4 is 4.74 Å². The number of rotatable bonds is 8. The molecule has 2 heterocycles. The van der Waals surface area contributed by atoms with Crippen molar-refractivity contribution < 1.29 is 13.9 Å². The number of fused-ring (bicyclic) bond motifs is 1. The van der Waals surface area contributed by atoms with Crippen LogP contribution in [-0.2, 0) is 11.2 Å². The molecule has 0 N–H and O–H groups in total. The van der Waals surface area contributed by atoms with E-state index in [2.05, 4.69) is 23.9 Å². The van der Waals surface area contributed by atoms with Crippen molar-refractivity contribution >= 4 is 11.6 Å². The zero-order valence-corrected chi connectivity index (χ0v) is 16.5.